The van der Waals surface area contributed by atoms with Gasteiger partial charge in [-0.25, -0.2) is 13.8 Å². The fourth-order valence-corrected chi connectivity index (χ4v) is 9.62. The molecule has 2 aliphatic carbocycles. The molecule has 2 aromatic carbocycles. The van der Waals surface area contributed by atoms with Crippen LogP contribution in [0.3, 0.4) is 0 Å². The lowest BCUT2D eigenvalue weighted by atomic mass is 9.67. The number of hydrogen-bond acceptors (Lipinski definition) is 9. The summed E-state index contributed by atoms with van der Waals surface area (Å²) in [7, 11) is 0. The quantitative estimate of drug-likeness (QED) is 0.0733. The van der Waals surface area contributed by atoms with Crippen molar-refractivity contribution < 1.29 is 19.1 Å². The first-order chi connectivity index (χ1) is 30.6. The Morgan fingerprint density at radius 2 is 1.09 bits per heavy atom. The van der Waals surface area contributed by atoms with Crippen LogP contribution in [0.5, 0.6) is 0 Å². The summed E-state index contributed by atoms with van der Waals surface area (Å²) in [6.07, 6.45) is 10.4. The largest absolute Gasteiger partial charge is 0.444 e. The molecule has 0 aliphatic heterocycles. The van der Waals surface area contributed by atoms with Crippen molar-refractivity contribution in [2.75, 3.05) is 23.7 Å². The molecule has 0 radical (unpaired) electrons. The highest BCUT2D eigenvalue weighted by molar-refractivity contribution is 6.03. The van der Waals surface area contributed by atoms with Crippen LogP contribution in [-0.2, 0) is 4.74 Å². The molecule has 2 fully saturated rings. The molecule has 65 heavy (non-hydrogen) atoms. The minimum atomic E-state index is -0.548. The van der Waals surface area contributed by atoms with Crippen molar-refractivity contribution in [3.63, 3.8) is 0 Å². The number of ether oxygens (including phenoxy) is 1. The molecule has 0 bridgehead atoms. The summed E-state index contributed by atoms with van der Waals surface area (Å²) in [6, 6.07) is 24.5. The van der Waals surface area contributed by atoms with Gasteiger partial charge in [-0.1, -0.05) is 102 Å². The Morgan fingerprint density at radius 1 is 0.677 bits per heavy atom. The maximum absolute atomic E-state index is 12.4. The molecule has 344 valence electrons. The standard InChI is InChI=1S/C28H37N5O3.C23H29N5O/c1-26(2,3)36-25(35)30-17-28(6)13-12-22(27(28,4)5)32-23-20(24(29)34)15-31-33-16-19(14-21(23)33)18-10-8-7-9-11-18;1-22(2)19(9-10-23(22,3)14-24)27-20-17(21(25)29)12-26-28-13-16(11-18(20)28)15-7-5-4-6-8-15/h7-11,14-16,22,32H,12-13,17H2,1-6H3,(H2,29,34)(H,30,35);4-8,11-13,19,27H,9-10,14,24H2,1-3H3,(H2,25,29)/t22-,28+;19-,23+/m00/s1. The molecule has 14 nitrogen and oxygen atoms in total. The number of alkyl carbamates (subject to hydrolysis) is 1. The molecular weight excluding hydrogens is 817 g/mol. The van der Waals surface area contributed by atoms with Gasteiger partial charge in [0.2, 0.25) is 0 Å². The number of benzene rings is 2. The van der Waals surface area contributed by atoms with Gasteiger partial charge in [0.25, 0.3) is 11.8 Å². The molecule has 4 aromatic heterocycles. The third-order valence-corrected chi connectivity index (χ3v) is 15.0. The monoisotopic (exact) mass is 883 g/mol. The van der Waals surface area contributed by atoms with E-state index in [1.807, 2.05) is 87.8 Å². The molecular formula is C51H66N10O4. The van der Waals surface area contributed by atoms with E-state index < -0.39 is 23.5 Å². The lowest BCUT2D eigenvalue weighted by molar-refractivity contribution is 0.0452. The van der Waals surface area contributed by atoms with Gasteiger partial charge >= 0.3 is 6.09 Å². The van der Waals surface area contributed by atoms with E-state index >= 15 is 0 Å². The van der Waals surface area contributed by atoms with E-state index in [-0.39, 0.29) is 33.7 Å². The number of primary amides is 2. The van der Waals surface area contributed by atoms with Crippen LogP contribution < -0.4 is 33.2 Å². The van der Waals surface area contributed by atoms with E-state index in [9.17, 15) is 14.4 Å². The zero-order valence-electron chi connectivity index (χ0n) is 39.3. The van der Waals surface area contributed by atoms with Gasteiger partial charge in [0.1, 0.15) is 5.60 Å². The molecule has 3 amide bonds. The third kappa shape index (κ3) is 9.13. The van der Waals surface area contributed by atoms with E-state index in [2.05, 4.69) is 85.9 Å². The molecule has 9 N–H and O–H groups in total. The van der Waals surface area contributed by atoms with Crippen LogP contribution in [0, 0.1) is 21.7 Å². The van der Waals surface area contributed by atoms with Crippen molar-refractivity contribution in [2.24, 2.45) is 38.9 Å². The molecule has 4 heterocycles. The predicted molar refractivity (Wildman–Crippen MR) is 259 cm³/mol. The molecule has 8 rings (SSSR count). The Labute approximate surface area is 382 Å². The topological polar surface area (TPSA) is 209 Å². The van der Waals surface area contributed by atoms with Crippen molar-refractivity contribution in [1.29, 1.82) is 0 Å². The summed E-state index contributed by atoms with van der Waals surface area (Å²) in [5, 5.41) is 19.2. The van der Waals surface area contributed by atoms with Crippen molar-refractivity contribution in [3.05, 3.63) is 109 Å². The second-order valence-electron chi connectivity index (χ2n) is 20.5. The first-order valence-electron chi connectivity index (χ1n) is 22.5. The molecule has 0 unspecified atom stereocenters. The Balaban J connectivity index is 0.000000198. The summed E-state index contributed by atoms with van der Waals surface area (Å²) in [4.78, 5) is 36.9. The normalized spacial score (nSPS) is 22.2. The van der Waals surface area contributed by atoms with Crippen LogP contribution in [0.2, 0.25) is 0 Å². The average Bonchev–Trinajstić information content (AvgIpc) is 4.00. The van der Waals surface area contributed by atoms with Gasteiger partial charge < -0.3 is 37.9 Å². The van der Waals surface area contributed by atoms with Crippen molar-refractivity contribution in [1.82, 2.24) is 24.5 Å². The van der Waals surface area contributed by atoms with Crippen molar-refractivity contribution in [3.8, 4) is 22.3 Å². The third-order valence-electron chi connectivity index (χ3n) is 15.0. The van der Waals surface area contributed by atoms with Crippen LogP contribution in [0.25, 0.3) is 33.3 Å². The number of hydrogen-bond donors (Lipinski definition) is 6. The number of carbonyl (C=O) groups is 3. The molecule has 0 spiro atoms. The van der Waals surface area contributed by atoms with Crippen LogP contribution in [0.15, 0.2) is 97.6 Å². The van der Waals surface area contributed by atoms with Gasteiger partial charge in [0, 0.05) is 42.1 Å². The van der Waals surface area contributed by atoms with E-state index in [0.717, 1.165) is 64.7 Å². The summed E-state index contributed by atoms with van der Waals surface area (Å²) < 4.78 is 9.02. The second-order valence-corrected chi connectivity index (χ2v) is 20.5. The Morgan fingerprint density at radius 3 is 1.48 bits per heavy atom. The SMILES string of the molecule is CC(C)(C)OC(=O)NC[C@@]1(C)CC[C@H](Nc2c(C(N)=O)cnn3cc(-c4ccccc4)cc23)C1(C)C.CC1(C)[C@@H](Nc2c(C(N)=O)cnn3cc(-c4ccccc4)cc23)CC[C@]1(C)CN. The lowest BCUT2D eigenvalue weighted by Crippen LogP contribution is -2.47. The van der Waals surface area contributed by atoms with Crippen LogP contribution >= 0.6 is 0 Å². The Bertz CT molecular complexity index is 2700. The number of nitrogens with two attached hydrogens (primary N) is 3. The molecule has 6 aromatic rings. The smallest absolute Gasteiger partial charge is 0.407 e. The summed E-state index contributed by atoms with van der Waals surface area (Å²) in [5.41, 5.74) is 24.7. The zero-order valence-corrected chi connectivity index (χ0v) is 39.3. The highest BCUT2D eigenvalue weighted by Gasteiger charge is 2.52. The number of fused-ring (bicyclic) bond motifs is 2. The van der Waals surface area contributed by atoms with Gasteiger partial charge in [-0.3, -0.25) is 9.59 Å². The van der Waals surface area contributed by atoms with Gasteiger partial charge in [0.15, 0.2) is 0 Å². The fraction of sp³-hybridized carbons (Fsp3) is 0.431. The number of rotatable bonds is 11. The first kappa shape index (κ1) is 46.6. The predicted octanol–water partition coefficient (Wildman–Crippen LogP) is 8.90. The molecule has 14 heteroatoms. The van der Waals surface area contributed by atoms with Crippen LogP contribution in [0.1, 0.15) is 109 Å². The van der Waals surface area contributed by atoms with Crippen LogP contribution in [-0.4, -0.2) is 67.9 Å². The second kappa shape index (κ2) is 17.5. The number of anilines is 2. The molecule has 2 aliphatic rings. The summed E-state index contributed by atoms with van der Waals surface area (Å²) in [5.74, 6) is -1.01. The Kier molecular flexibility index (Phi) is 12.6. The maximum Gasteiger partial charge on any atom is 0.407 e. The average molecular weight is 883 g/mol. The fourth-order valence-electron chi connectivity index (χ4n) is 9.62. The van der Waals surface area contributed by atoms with Gasteiger partial charge in [-0.2, -0.15) is 10.2 Å². The van der Waals surface area contributed by atoms with Crippen LogP contribution in [0.4, 0.5) is 16.2 Å². The highest BCUT2D eigenvalue weighted by Crippen LogP contribution is 2.54. The van der Waals surface area contributed by atoms with Gasteiger partial charge in [-0.05, 0) is 97.9 Å². The number of amides is 3. The highest BCUT2D eigenvalue weighted by atomic mass is 16.6. The van der Waals surface area contributed by atoms with Gasteiger partial charge in [-0.15, -0.1) is 0 Å². The van der Waals surface area contributed by atoms with E-state index in [1.54, 1.807) is 15.2 Å². The van der Waals surface area contributed by atoms with E-state index in [0.29, 0.717) is 29.9 Å². The van der Waals surface area contributed by atoms with E-state index in [1.165, 1.54) is 6.20 Å². The van der Waals surface area contributed by atoms with Gasteiger partial charge in [0.05, 0.1) is 45.9 Å². The summed E-state index contributed by atoms with van der Waals surface area (Å²) in [6.45, 7) is 20.0. The van der Waals surface area contributed by atoms with E-state index in [4.69, 9.17) is 21.9 Å². The molecule has 0 saturated heterocycles. The molecule has 2 saturated carbocycles. The number of nitrogens with zero attached hydrogens (tertiary/aromatic N) is 4. The lowest BCUT2D eigenvalue weighted by Gasteiger charge is -2.42. The number of aromatic nitrogens is 4. The van der Waals surface area contributed by atoms with Crippen molar-refractivity contribution >= 4 is 40.3 Å². The minimum Gasteiger partial charge on any atom is -0.444 e. The number of carbonyl (C=O) groups excluding carboxylic acids is 3. The number of nitrogens with one attached hydrogen (secondary N) is 3. The zero-order chi connectivity index (χ0) is 47.1. The maximum atomic E-state index is 12.4. The summed E-state index contributed by atoms with van der Waals surface area (Å²) >= 11 is 0. The minimum absolute atomic E-state index is 0.0359. The molecule has 4 atom stereocenters. The Hall–Kier alpha value is -6.41. The van der Waals surface area contributed by atoms with Crippen molar-refractivity contribution in [2.45, 2.75) is 106 Å². The first-order valence-corrected chi connectivity index (χ1v) is 22.5.